The maximum atomic E-state index is 12.2. The number of nitrogens with one attached hydrogen (secondary N) is 1. The van der Waals surface area contributed by atoms with Gasteiger partial charge in [-0.3, -0.25) is 4.79 Å². The van der Waals surface area contributed by atoms with Gasteiger partial charge in [-0.1, -0.05) is 19.8 Å². The van der Waals surface area contributed by atoms with E-state index in [9.17, 15) is 4.79 Å². The van der Waals surface area contributed by atoms with Gasteiger partial charge in [0.25, 0.3) is 0 Å². The summed E-state index contributed by atoms with van der Waals surface area (Å²) < 4.78 is 15.9. The normalized spacial score (nSPS) is 20.7. The molecule has 1 aliphatic rings. The first-order chi connectivity index (χ1) is 11.6. The van der Waals surface area contributed by atoms with E-state index in [1.165, 1.54) is 19.3 Å². The van der Waals surface area contributed by atoms with E-state index < -0.39 is 0 Å². The zero-order valence-corrected chi connectivity index (χ0v) is 14.9. The molecule has 1 aliphatic carbocycles. The minimum atomic E-state index is -0.0671. The van der Waals surface area contributed by atoms with E-state index in [1.807, 2.05) is 12.1 Å². The second-order valence-corrected chi connectivity index (χ2v) is 6.17. The molecule has 0 radical (unpaired) electrons. The van der Waals surface area contributed by atoms with Crippen LogP contribution >= 0.6 is 0 Å². The smallest absolute Gasteiger partial charge is 0.244 e. The van der Waals surface area contributed by atoms with Crippen molar-refractivity contribution in [3.8, 4) is 17.2 Å². The van der Waals surface area contributed by atoms with Crippen LogP contribution in [0.1, 0.15) is 38.2 Å². The van der Waals surface area contributed by atoms with E-state index >= 15 is 0 Å². The fourth-order valence-corrected chi connectivity index (χ4v) is 3.13. The molecule has 1 saturated carbocycles. The number of methoxy groups -OCH3 is 3. The van der Waals surface area contributed by atoms with E-state index in [1.54, 1.807) is 33.5 Å². The van der Waals surface area contributed by atoms with Crippen molar-refractivity contribution in [2.75, 3.05) is 21.3 Å². The van der Waals surface area contributed by atoms with Crippen molar-refractivity contribution in [3.63, 3.8) is 0 Å². The summed E-state index contributed by atoms with van der Waals surface area (Å²) in [5.74, 6) is 2.15. The molecule has 0 aliphatic heterocycles. The summed E-state index contributed by atoms with van der Waals surface area (Å²) in [6.45, 7) is 2.20. The molecular formula is C19H27NO4. The lowest BCUT2D eigenvalue weighted by atomic mass is 9.86. The lowest BCUT2D eigenvalue weighted by molar-refractivity contribution is -0.117. The van der Waals surface area contributed by atoms with Crippen molar-refractivity contribution in [2.24, 2.45) is 5.92 Å². The van der Waals surface area contributed by atoms with Crippen LogP contribution < -0.4 is 19.5 Å². The van der Waals surface area contributed by atoms with Crippen molar-refractivity contribution in [2.45, 2.75) is 38.6 Å². The predicted molar refractivity (Wildman–Crippen MR) is 94.7 cm³/mol. The van der Waals surface area contributed by atoms with Gasteiger partial charge in [0.1, 0.15) is 0 Å². The minimum Gasteiger partial charge on any atom is -0.493 e. The summed E-state index contributed by atoms with van der Waals surface area (Å²) in [6, 6.07) is 3.90. The molecule has 0 saturated heterocycles. The number of hydrogen-bond acceptors (Lipinski definition) is 4. The highest BCUT2D eigenvalue weighted by atomic mass is 16.5. The molecule has 5 heteroatoms. The van der Waals surface area contributed by atoms with Crippen LogP contribution in [-0.4, -0.2) is 33.3 Å². The molecule has 24 heavy (non-hydrogen) atoms. The first-order valence-corrected chi connectivity index (χ1v) is 8.37. The average molecular weight is 333 g/mol. The van der Waals surface area contributed by atoms with Crippen LogP contribution in [0.5, 0.6) is 17.2 Å². The number of hydrogen-bond donors (Lipinski definition) is 1. The van der Waals surface area contributed by atoms with E-state index in [4.69, 9.17) is 14.2 Å². The van der Waals surface area contributed by atoms with Gasteiger partial charge >= 0.3 is 0 Å². The highest BCUT2D eigenvalue weighted by molar-refractivity contribution is 5.92. The minimum absolute atomic E-state index is 0.0671. The van der Waals surface area contributed by atoms with E-state index in [2.05, 4.69) is 12.2 Å². The summed E-state index contributed by atoms with van der Waals surface area (Å²) in [7, 11) is 4.71. The molecular weight excluding hydrogens is 306 g/mol. The molecule has 1 amide bonds. The summed E-state index contributed by atoms with van der Waals surface area (Å²) in [4.78, 5) is 12.2. The lowest BCUT2D eigenvalue weighted by Gasteiger charge is -2.29. The second-order valence-electron chi connectivity index (χ2n) is 6.17. The van der Waals surface area contributed by atoms with Crippen LogP contribution in [0, 0.1) is 5.92 Å². The molecule has 1 fully saturated rings. The number of amides is 1. The molecule has 0 heterocycles. The Hall–Kier alpha value is -2.17. The van der Waals surface area contributed by atoms with Gasteiger partial charge < -0.3 is 19.5 Å². The monoisotopic (exact) mass is 333 g/mol. The van der Waals surface area contributed by atoms with Gasteiger partial charge in [0.15, 0.2) is 11.5 Å². The first kappa shape index (κ1) is 18.2. The van der Waals surface area contributed by atoms with Gasteiger partial charge in [-0.05, 0) is 42.5 Å². The van der Waals surface area contributed by atoms with Gasteiger partial charge in [-0.15, -0.1) is 0 Å². The fourth-order valence-electron chi connectivity index (χ4n) is 3.13. The zero-order valence-electron chi connectivity index (χ0n) is 14.9. The topological polar surface area (TPSA) is 56.8 Å². The Bertz CT molecular complexity index is 572. The van der Waals surface area contributed by atoms with Crippen molar-refractivity contribution >= 4 is 12.0 Å². The predicted octanol–water partition coefficient (Wildman–Crippen LogP) is 3.42. The molecule has 2 unspecified atom stereocenters. The third-order valence-electron chi connectivity index (χ3n) is 4.55. The Morgan fingerprint density at radius 3 is 2.25 bits per heavy atom. The quantitative estimate of drug-likeness (QED) is 0.811. The van der Waals surface area contributed by atoms with Crippen LogP contribution in [0.4, 0.5) is 0 Å². The van der Waals surface area contributed by atoms with Gasteiger partial charge in [0, 0.05) is 12.1 Å². The van der Waals surface area contributed by atoms with Crippen molar-refractivity contribution in [1.29, 1.82) is 0 Å². The number of benzene rings is 1. The molecule has 132 valence electrons. The van der Waals surface area contributed by atoms with Gasteiger partial charge in [0.2, 0.25) is 11.7 Å². The molecule has 5 nitrogen and oxygen atoms in total. The van der Waals surface area contributed by atoms with Gasteiger partial charge in [-0.2, -0.15) is 0 Å². The molecule has 0 spiro atoms. The Morgan fingerprint density at radius 1 is 1.08 bits per heavy atom. The standard InChI is InChI=1S/C19H27NO4/c1-13-7-5-6-8-15(13)20-18(21)10-9-14-11-16(22-2)19(24-4)17(12-14)23-3/h9-13,15H,5-8H2,1-4H3,(H,20,21)/b10-9+. The summed E-state index contributed by atoms with van der Waals surface area (Å²) in [5, 5.41) is 3.11. The lowest BCUT2D eigenvalue weighted by Crippen LogP contribution is -2.40. The van der Waals surface area contributed by atoms with Crippen molar-refractivity contribution < 1.29 is 19.0 Å². The number of carbonyl (C=O) groups is 1. The van der Waals surface area contributed by atoms with Crippen LogP contribution in [0.3, 0.4) is 0 Å². The second kappa shape index (κ2) is 8.62. The summed E-state index contributed by atoms with van der Waals surface area (Å²) >= 11 is 0. The third kappa shape index (κ3) is 4.43. The molecule has 1 aromatic carbocycles. The number of carbonyl (C=O) groups excluding carboxylic acids is 1. The zero-order chi connectivity index (χ0) is 17.5. The highest BCUT2D eigenvalue weighted by Crippen LogP contribution is 2.38. The first-order valence-electron chi connectivity index (χ1n) is 8.37. The summed E-state index contributed by atoms with van der Waals surface area (Å²) in [6.07, 6.45) is 8.00. The Kier molecular flexibility index (Phi) is 6.53. The Morgan fingerprint density at radius 2 is 1.71 bits per heavy atom. The highest BCUT2D eigenvalue weighted by Gasteiger charge is 2.22. The van der Waals surface area contributed by atoms with Crippen LogP contribution in [0.15, 0.2) is 18.2 Å². The van der Waals surface area contributed by atoms with Crippen molar-refractivity contribution in [1.82, 2.24) is 5.32 Å². The summed E-state index contributed by atoms with van der Waals surface area (Å²) in [5.41, 5.74) is 0.816. The SMILES string of the molecule is COc1cc(/C=C/C(=O)NC2CCCCC2C)cc(OC)c1OC. The largest absolute Gasteiger partial charge is 0.493 e. The molecule has 2 rings (SSSR count). The number of ether oxygens (including phenoxy) is 3. The van der Waals surface area contributed by atoms with Gasteiger partial charge in [0.05, 0.1) is 21.3 Å². The average Bonchev–Trinajstić information content (AvgIpc) is 2.60. The maximum absolute atomic E-state index is 12.2. The molecule has 0 aromatic heterocycles. The molecule has 2 atom stereocenters. The molecule has 0 bridgehead atoms. The Labute approximate surface area is 144 Å². The van der Waals surface area contributed by atoms with E-state index in [0.29, 0.717) is 23.2 Å². The maximum Gasteiger partial charge on any atom is 0.244 e. The molecule has 1 N–H and O–H groups in total. The fraction of sp³-hybridized carbons (Fsp3) is 0.526. The van der Waals surface area contributed by atoms with Crippen molar-refractivity contribution in [3.05, 3.63) is 23.8 Å². The van der Waals surface area contributed by atoms with Crippen LogP contribution in [0.2, 0.25) is 0 Å². The van der Waals surface area contributed by atoms with E-state index in [-0.39, 0.29) is 11.9 Å². The van der Waals surface area contributed by atoms with Crippen LogP contribution in [-0.2, 0) is 4.79 Å². The number of rotatable bonds is 6. The van der Waals surface area contributed by atoms with Gasteiger partial charge in [-0.25, -0.2) is 0 Å². The van der Waals surface area contributed by atoms with Crippen LogP contribution in [0.25, 0.3) is 6.08 Å². The Balaban J connectivity index is 2.09. The third-order valence-corrected chi connectivity index (χ3v) is 4.55. The van der Waals surface area contributed by atoms with E-state index in [0.717, 1.165) is 12.0 Å². The molecule has 1 aromatic rings.